The molecule has 0 bridgehead atoms. The Balaban J connectivity index is 2.46. The summed E-state index contributed by atoms with van der Waals surface area (Å²) in [5.74, 6) is -1.24. The quantitative estimate of drug-likeness (QED) is 0.754. The van der Waals surface area contributed by atoms with Gasteiger partial charge in [0, 0.05) is 18.0 Å². The van der Waals surface area contributed by atoms with Gasteiger partial charge in [0.25, 0.3) is 0 Å². The minimum atomic E-state index is -4.64. The summed E-state index contributed by atoms with van der Waals surface area (Å²) in [6.07, 6.45) is -2.54. The summed E-state index contributed by atoms with van der Waals surface area (Å²) < 4.78 is 52.9. The van der Waals surface area contributed by atoms with Crippen LogP contribution < -0.4 is 4.72 Å². The monoisotopic (exact) mass is 425 g/mol. The predicted molar refractivity (Wildman–Crippen MR) is 96.4 cm³/mol. The lowest BCUT2D eigenvalue weighted by Gasteiger charge is -2.25. The van der Waals surface area contributed by atoms with Gasteiger partial charge < -0.3 is 0 Å². The van der Waals surface area contributed by atoms with Gasteiger partial charge in [0.1, 0.15) is 0 Å². The highest BCUT2D eigenvalue weighted by Gasteiger charge is 2.35. The van der Waals surface area contributed by atoms with E-state index in [0.717, 1.165) is 12.4 Å². The van der Waals surface area contributed by atoms with Gasteiger partial charge in [-0.1, -0.05) is 29.3 Å². The van der Waals surface area contributed by atoms with Crippen molar-refractivity contribution in [3.63, 3.8) is 0 Å². The Morgan fingerprint density at radius 3 is 2.08 bits per heavy atom. The lowest BCUT2D eigenvalue weighted by atomic mass is 10.0. The Labute approximate surface area is 161 Å². The van der Waals surface area contributed by atoms with Crippen LogP contribution in [0.2, 0.25) is 10.0 Å². The molecule has 0 spiro atoms. The van der Waals surface area contributed by atoms with Crippen molar-refractivity contribution in [3.05, 3.63) is 57.6 Å². The van der Waals surface area contributed by atoms with Crippen LogP contribution in [0, 0.1) is 0 Å². The Morgan fingerprint density at radius 1 is 1.04 bits per heavy atom. The largest absolute Gasteiger partial charge is 0.451 e. The van der Waals surface area contributed by atoms with Crippen molar-refractivity contribution in [2.24, 2.45) is 0 Å². The molecule has 0 amide bonds. The molecule has 2 unspecified atom stereocenters. The van der Waals surface area contributed by atoms with Gasteiger partial charge >= 0.3 is 6.18 Å². The van der Waals surface area contributed by atoms with Gasteiger partial charge in [0.2, 0.25) is 5.82 Å². The molecule has 26 heavy (non-hydrogen) atoms. The van der Waals surface area contributed by atoms with Crippen LogP contribution in [0.3, 0.4) is 0 Å². The highest BCUT2D eigenvalue weighted by Crippen LogP contribution is 2.31. The van der Waals surface area contributed by atoms with E-state index < -0.39 is 33.8 Å². The second-order valence-electron chi connectivity index (χ2n) is 6.44. The molecule has 0 saturated heterocycles. The summed E-state index contributed by atoms with van der Waals surface area (Å²) in [5, 5.41) is 0.597. The van der Waals surface area contributed by atoms with E-state index in [0.29, 0.717) is 16.1 Å². The van der Waals surface area contributed by atoms with Crippen LogP contribution in [0.5, 0.6) is 0 Å². The molecule has 1 aromatic heterocycles. The van der Waals surface area contributed by atoms with Crippen molar-refractivity contribution >= 4 is 34.2 Å². The molecular formula is C16H16Cl2F3N3OS. The number of nitrogens with one attached hydrogen (secondary N) is 1. The van der Waals surface area contributed by atoms with Crippen molar-refractivity contribution in [2.75, 3.05) is 0 Å². The van der Waals surface area contributed by atoms with Crippen LogP contribution in [0.25, 0.3) is 0 Å². The number of hydrogen-bond acceptors (Lipinski definition) is 3. The average Bonchev–Trinajstić information content (AvgIpc) is 2.53. The van der Waals surface area contributed by atoms with Gasteiger partial charge in [0.15, 0.2) is 0 Å². The Kier molecular flexibility index (Phi) is 6.32. The van der Waals surface area contributed by atoms with Crippen molar-refractivity contribution in [1.29, 1.82) is 0 Å². The molecule has 0 radical (unpaired) electrons. The van der Waals surface area contributed by atoms with E-state index in [-0.39, 0.29) is 5.02 Å². The fourth-order valence-corrected chi connectivity index (χ4v) is 3.08. The molecule has 2 atom stereocenters. The third kappa shape index (κ3) is 5.16. The van der Waals surface area contributed by atoms with Crippen LogP contribution in [-0.4, -0.2) is 18.9 Å². The standard InChI is InChI=1S/C16H16Cl2F3N3OS/c1-15(2,3)26(25)24-13(9-4-5-11(17)12(18)6-9)10-7-22-14(23-8-10)16(19,20)21/h4-8,13,24H,1-3H3. The first-order chi connectivity index (χ1) is 11.9. The maximum atomic E-state index is 12.7. The van der Waals surface area contributed by atoms with Gasteiger partial charge in [-0.3, -0.25) is 0 Å². The number of rotatable bonds is 4. The molecule has 0 aliphatic heterocycles. The van der Waals surface area contributed by atoms with E-state index in [2.05, 4.69) is 14.7 Å². The molecular weight excluding hydrogens is 410 g/mol. The Morgan fingerprint density at radius 2 is 1.62 bits per heavy atom. The van der Waals surface area contributed by atoms with E-state index in [9.17, 15) is 17.4 Å². The maximum absolute atomic E-state index is 12.7. The molecule has 0 fully saturated rings. The molecule has 10 heteroatoms. The first-order valence-electron chi connectivity index (χ1n) is 7.41. The third-order valence-corrected chi connectivity index (χ3v) is 5.62. The summed E-state index contributed by atoms with van der Waals surface area (Å²) in [6.45, 7) is 5.31. The van der Waals surface area contributed by atoms with Gasteiger partial charge in [-0.25, -0.2) is 18.9 Å². The summed E-state index contributed by atoms with van der Waals surface area (Å²) in [7, 11) is -1.51. The third-order valence-electron chi connectivity index (χ3n) is 3.32. The summed E-state index contributed by atoms with van der Waals surface area (Å²) in [6, 6.07) is 4.02. The zero-order valence-electron chi connectivity index (χ0n) is 14.1. The van der Waals surface area contributed by atoms with Crippen molar-refractivity contribution < 1.29 is 17.4 Å². The van der Waals surface area contributed by atoms with Gasteiger partial charge in [-0.05, 0) is 38.5 Å². The van der Waals surface area contributed by atoms with Gasteiger partial charge in [0.05, 0.1) is 31.8 Å². The van der Waals surface area contributed by atoms with Crippen molar-refractivity contribution in [2.45, 2.75) is 37.7 Å². The normalized spacial score (nSPS) is 14.9. The van der Waals surface area contributed by atoms with Crippen LogP contribution in [0.4, 0.5) is 13.2 Å². The van der Waals surface area contributed by atoms with E-state index in [4.69, 9.17) is 23.2 Å². The zero-order valence-corrected chi connectivity index (χ0v) is 16.4. The first kappa shape index (κ1) is 21.1. The van der Waals surface area contributed by atoms with Crippen LogP contribution in [0.1, 0.15) is 43.8 Å². The highest BCUT2D eigenvalue weighted by atomic mass is 35.5. The lowest BCUT2D eigenvalue weighted by Crippen LogP contribution is -2.36. The van der Waals surface area contributed by atoms with Crippen LogP contribution in [0.15, 0.2) is 30.6 Å². The van der Waals surface area contributed by atoms with Gasteiger partial charge in [-0.15, -0.1) is 0 Å². The highest BCUT2D eigenvalue weighted by molar-refractivity contribution is 7.84. The van der Waals surface area contributed by atoms with Crippen molar-refractivity contribution in [1.82, 2.24) is 14.7 Å². The molecule has 0 aliphatic carbocycles. The number of hydrogen-bond donors (Lipinski definition) is 1. The number of benzene rings is 1. The average molecular weight is 426 g/mol. The molecule has 1 heterocycles. The maximum Gasteiger partial charge on any atom is 0.451 e. The minimum absolute atomic E-state index is 0.269. The molecule has 2 rings (SSSR count). The zero-order chi connectivity index (χ0) is 19.7. The van der Waals surface area contributed by atoms with E-state index >= 15 is 0 Å². The summed E-state index contributed by atoms with van der Waals surface area (Å²) in [4.78, 5) is 6.74. The number of aromatic nitrogens is 2. The minimum Gasteiger partial charge on any atom is -0.242 e. The Bertz CT molecular complexity index is 808. The smallest absolute Gasteiger partial charge is 0.242 e. The molecule has 0 saturated carbocycles. The second-order valence-corrected chi connectivity index (χ2v) is 9.26. The topological polar surface area (TPSA) is 54.9 Å². The number of alkyl halides is 3. The van der Waals surface area contributed by atoms with Gasteiger partial charge in [-0.2, -0.15) is 13.2 Å². The van der Waals surface area contributed by atoms with E-state index in [1.165, 1.54) is 0 Å². The lowest BCUT2D eigenvalue weighted by molar-refractivity contribution is -0.145. The molecule has 1 aromatic carbocycles. The Hall–Kier alpha value is -1.22. The van der Waals surface area contributed by atoms with Crippen LogP contribution in [-0.2, 0) is 17.2 Å². The number of halogens is 5. The predicted octanol–water partition coefficient (Wildman–Crippen LogP) is 4.94. The van der Waals surface area contributed by atoms with E-state index in [1.807, 2.05) is 0 Å². The molecule has 4 nitrogen and oxygen atoms in total. The van der Waals surface area contributed by atoms with Crippen molar-refractivity contribution in [3.8, 4) is 0 Å². The fraction of sp³-hybridized carbons (Fsp3) is 0.375. The summed E-state index contributed by atoms with van der Waals surface area (Å²) in [5.41, 5.74) is 0.884. The fourth-order valence-electron chi connectivity index (χ4n) is 1.94. The molecule has 0 aliphatic rings. The molecule has 142 valence electrons. The first-order valence-corrected chi connectivity index (χ1v) is 9.32. The van der Waals surface area contributed by atoms with E-state index in [1.54, 1.807) is 39.0 Å². The molecule has 1 N–H and O–H groups in total. The second kappa shape index (κ2) is 7.80. The number of nitrogens with zero attached hydrogens (tertiary/aromatic N) is 2. The molecule has 2 aromatic rings. The van der Waals surface area contributed by atoms with Crippen LogP contribution >= 0.6 is 23.2 Å². The summed E-state index contributed by atoms with van der Waals surface area (Å²) >= 11 is 12.0. The SMILES string of the molecule is CC(C)(C)S(=O)NC(c1cnc(C(F)(F)F)nc1)c1ccc(Cl)c(Cl)c1.